The molecule has 4 aliphatic rings. The maximum Gasteiger partial charge on any atom is 0.226 e. The highest BCUT2D eigenvalue weighted by Crippen LogP contribution is 2.33. The van der Waals surface area contributed by atoms with Gasteiger partial charge in [-0.1, -0.05) is 0 Å². The van der Waals surface area contributed by atoms with Crippen molar-refractivity contribution < 1.29 is 13.2 Å². The van der Waals surface area contributed by atoms with Gasteiger partial charge in [0, 0.05) is 44.7 Å². The summed E-state index contributed by atoms with van der Waals surface area (Å²) in [6.45, 7) is 6.28. The Balaban J connectivity index is 1.25. The van der Waals surface area contributed by atoms with Crippen LogP contribution in [0.2, 0.25) is 0 Å². The van der Waals surface area contributed by atoms with E-state index >= 15 is 0 Å². The second kappa shape index (κ2) is 7.97. The van der Waals surface area contributed by atoms with E-state index in [4.69, 9.17) is 5.73 Å². The van der Waals surface area contributed by atoms with Crippen molar-refractivity contribution in [3.63, 3.8) is 0 Å². The average Bonchev–Trinajstić information content (AvgIpc) is 3.46. The van der Waals surface area contributed by atoms with Crippen LogP contribution in [0.1, 0.15) is 44.9 Å². The van der Waals surface area contributed by atoms with E-state index in [1.54, 1.807) is 4.31 Å². The van der Waals surface area contributed by atoms with Crippen molar-refractivity contribution in [3.05, 3.63) is 6.54 Å². The van der Waals surface area contributed by atoms with Crippen LogP contribution in [-0.4, -0.2) is 79.0 Å². The standard InChI is InChI=1S/C19H33N4O3S/c20-13-15-1-3-16(4-2-15)19(24)22-8-7-17(14-22)21-9-11-23(12-10-21)27(25,26)18-5-6-18/h8,15-18H,1-7,9-14,20H2. The summed E-state index contributed by atoms with van der Waals surface area (Å²) in [5, 5.41) is -0.119. The third-order valence-electron chi connectivity index (χ3n) is 6.91. The Morgan fingerprint density at radius 1 is 1.00 bits per heavy atom. The molecule has 8 heteroatoms. The quantitative estimate of drug-likeness (QED) is 0.735. The maximum absolute atomic E-state index is 12.8. The molecule has 4 rings (SSSR count). The highest BCUT2D eigenvalue weighted by molar-refractivity contribution is 7.90. The second-order valence-electron chi connectivity index (χ2n) is 8.70. The molecule has 1 radical (unpaired) electrons. The first-order valence-corrected chi connectivity index (χ1v) is 12.1. The van der Waals surface area contributed by atoms with Crippen molar-refractivity contribution in [2.45, 2.75) is 56.2 Å². The smallest absolute Gasteiger partial charge is 0.226 e. The Labute approximate surface area is 163 Å². The number of piperazine rings is 1. The summed E-state index contributed by atoms with van der Waals surface area (Å²) in [6, 6.07) is 0.333. The Bertz CT molecular complexity index is 635. The predicted octanol–water partition coefficient (Wildman–Crippen LogP) is 0.624. The number of carbonyl (C=O) groups is 1. The van der Waals surface area contributed by atoms with Gasteiger partial charge in [0.1, 0.15) is 0 Å². The summed E-state index contributed by atoms with van der Waals surface area (Å²) in [6.07, 6.45) is 6.61. The first-order valence-electron chi connectivity index (χ1n) is 10.6. The molecule has 0 bridgehead atoms. The molecule has 2 aliphatic heterocycles. The highest BCUT2D eigenvalue weighted by atomic mass is 32.2. The maximum atomic E-state index is 12.8. The van der Waals surface area contributed by atoms with Gasteiger partial charge in [-0.05, 0) is 57.4 Å². The van der Waals surface area contributed by atoms with Gasteiger partial charge in [0.05, 0.1) is 11.8 Å². The van der Waals surface area contributed by atoms with E-state index < -0.39 is 10.0 Å². The van der Waals surface area contributed by atoms with Gasteiger partial charge in [-0.3, -0.25) is 9.69 Å². The number of nitrogens with zero attached hydrogens (tertiary/aromatic N) is 3. The molecule has 4 fully saturated rings. The van der Waals surface area contributed by atoms with E-state index in [-0.39, 0.29) is 17.1 Å². The lowest BCUT2D eigenvalue weighted by molar-refractivity contribution is -0.134. The topological polar surface area (TPSA) is 87.0 Å². The Morgan fingerprint density at radius 3 is 2.26 bits per heavy atom. The van der Waals surface area contributed by atoms with Gasteiger partial charge >= 0.3 is 0 Å². The van der Waals surface area contributed by atoms with E-state index in [2.05, 4.69) is 11.4 Å². The normalized spacial score (nSPS) is 34.1. The van der Waals surface area contributed by atoms with Gasteiger partial charge in [0.2, 0.25) is 15.9 Å². The molecule has 1 atom stereocenters. The van der Waals surface area contributed by atoms with Crippen LogP contribution in [0.3, 0.4) is 0 Å². The minimum absolute atomic E-state index is 0.119. The Hall–Kier alpha value is -0.700. The minimum atomic E-state index is -3.06. The number of hydrogen-bond acceptors (Lipinski definition) is 5. The van der Waals surface area contributed by atoms with Gasteiger partial charge in [-0.25, -0.2) is 8.42 Å². The summed E-state index contributed by atoms with van der Waals surface area (Å²) in [5.41, 5.74) is 5.76. The molecule has 27 heavy (non-hydrogen) atoms. The number of rotatable bonds is 5. The van der Waals surface area contributed by atoms with Crippen molar-refractivity contribution >= 4 is 15.9 Å². The lowest BCUT2D eigenvalue weighted by Gasteiger charge is -2.37. The number of amides is 1. The number of carbonyl (C=O) groups excluding carboxylic acids is 1. The molecule has 1 amide bonds. The summed E-state index contributed by atoms with van der Waals surface area (Å²) in [5.74, 6) is 1.03. The molecule has 0 spiro atoms. The van der Waals surface area contributed by atoms with Gasteiger partial charge < -0.3 is 10.6 Å². The van der Waals surface area contributed by atoms with E-state index in [1.165, 1.54) is 0 Å². The highest BCUT2D eigenvalue weighted by Gasteiger charge is 2.42. The summed E-state index contributed by atoms with van der Waals surface area (Å²) in [4.78, 5) is 17.2. The van der Waals surface area contributed by atoms with E-state index in [0.717, 1.165) is 71.1 Å². The average molecular weight is 398 g/mol. The van der Waals surface area contributed by atoms with Crippen molar-refractivity contribution in [2.24, 2.45) is 17.6 Å². The molecule has 0 aromatic carbocycles. The zero-order chi connectivity index (χ0) is 19.0. The summed E-state index contributed by atoms with van der Waals surface area (Å²) < 4.78 is 26.4. The molecule has 0 aromatic heterocycles. The van der Waals surface area contributed by atoms with Crippen molar-refractivity contribution in [1.29, 1.82) is 0 Å². The number of sulfonamides is 1. The first-order chi connectivity index (χ1) is 13.0. The fourth-order valence-electron chi connectivity index (χ4n) is 4.85. The molecule has 2 aliphatic carbocycles. The molecule has 0 aromatic rings. The third kappa shape index (κ3) is 4.18. The molecule has 153 valence electrons. The Morgan fingerprint density at radius 2 is 1.67 bits per heavy atom. The summed E-state index contributed by atoms with van der Waals surface area (Å²) >= 11 is 0. The monoisotopic (exact) mass is 397 g/mol. The van der Waals surface area contributed by atoms with Crippen LogP contribution in [0.5, 0.6) is 0 Å². The lowest BCUT2D eigenvalue weighted by Crippen LogP contribution is -2.53. The molecule has 2 heterocycles. The molecule has 7 nitrogen and oxygen atoms in total. The van der Waals surface area contributed by atoms with Crippen molar-refractivity contribution in [1.82, 2.24) is 14.1 Å². The van der Waals surface area contributed by atoms with E-state index in [1.807, 2.05) is 4.90 Å². The third-order valence-corrected chi connectivity index (χ3v) is 9.31. The van der Waals surface area contributed by atoms with Gasteiger partial charge in [0.15, 0.2) is 0 Å². The minimum Gasteiger partial charge on any atom is -0.336 e. The van der Waals surface area contributed by atoms with Crippen LogP contribution in [-0.2, 0) is 14.8 Å². The van der Waals surface area contributed by atoms with Gasteiger partial charge in [-0.15, -0.1) is 0 Å². The number of likely N-dealkylation sites (tertiary alicyclic amines) is 1. The number of hydrogen-bond donors (Lipinski definition) is 1. The molecular formula is C19H33N4O3S. The molecule has 2 saturated heterocycles. The largest absolute Gasteiger partial charge is 0.336 e. The zero-order valence-corrected chi connectivity index (χ0v) is 16.9. The zero-order valence-electron chi connectivity index (χ0n) is 16.1. The van der Waals surface area contributed by atoms with E-state index in [9.17, 15) is 13.2 Å². The number of nitrogens with two attached hydrogens (primary N) is 1. The van der Waals surface area contributed by atoms with Crippen LogP contribution >= 0.6 is 0 Å². The molecule has 1 unspecified atom stereocenters. The van der Waals surface area contributed by atoms with Crippen molar-refractivity contribution in [3.8, 4) is 0 Å². The van der Waals surface area contributed by atoms with Crippen LogP contribution in [0.25, 0.3) is 0 Å². The fraction of sp³-hybridized carbons (Fsp3) is 0.895. The lowest BCUT2D eigenvalue weighted by atomic mass is 9.81. The van der Waals surface area contributed by atoms with Gasteiger partial charge in [0.25, 0.3) is 0 Å². The van der Waals surface area contributed by atoms with Crippen molar-refractivity contribution in [2.75, 3.05) is 39.3 Å². The fourth-order valence-corrected chi connectivity index (χ4v) is 6.67. The Kier molecular flexibility index (Phi) is 5.79. The molecule has 2 N–H and O–H groups in total. The van der Waals surface area contributed by atoms with Crippen LogP contribution in [0.4, 0.5) is 0 Å². The SMILES string of the molecule is NCC1CCC(C(=O)N2[CH]CC(N3CCN(S(=O)(=O)C4CC4)CC3)C2)CC1. The van der Waals surface area contributed by atoms with E-state index in [0.29, 0.717) is 25.0 Å². The first kappa shape index (κ1) is 19.6. The second-order valence-corrected chi connectivity index (χ2v) is 10.9. The molecular weight excluding hydrogens is 364 g/mol. The summed E-state index contributed by atoms with van der Waals surface area (Å²) in [7, 11) is -3.06. The van der Waals surface area contributed by atoms with Gasteiger partial charge in [-0.2, -0.15) is 4.31 Å². The molecule has 2 saturated carbocycles. The predicted molar refractivity (Wildman–Crippen MR) is 104 cm³/mol. The van der Waals surface area contributed by atoms with Crippen LogP contribution in [0.15, 0.2) is 0 Å². The van der Waals surface area contributed by atoms with Crippen LogP contribution in [0, 0.1) is 18.4 Å². The van der Waals surface area contributed by atoms with Crippen LogP contribution < -0.4 is 5.73 Å².